The zero-order chi connectivity index (χ0) is 18.2. The fourth-order valence-corrected chi connectivity index (χ4v) is 2.63. The van der Waals surface area contributed by atoms with Crippen molar-refractivity contribution in [1.29, 1.82) is 0 Å². The summed E-state index contributed by atoms with van der Waals surface area (Å²) in [7, 11) is 0. The number of nitrogens with zero attached hydrogens (tertiary/aromatic N) is 2. The number of rotatable bonds is 8. The third kappa shape index (κ3) is 5.31. The summed E-state index contributed by atoms with van der Waals surface area (Å²) in [6, 6.07) is 1.55. The maximum absolute atomic E-state index is 12.7. The predicted molar refractivity (Wildman–Crippen MR) is 92.1 cm³/mol. The lowest BCUT2D eigenvalue weighted by Crippen LogP contribution is -2.62. The number of nitroso groups, excluding NO2 is 1. The lowest BCUT2D eigenvalue weighted by molar-refractivity contribution is -0.121. The minimum Gasteiger partial charge on any atom is -0.489 e. The largest absolute Gasteiger partial charge is 0.489 e. The number of amides is 1. The Balaban J connectivity index is 2.13. The average Bonchev–Trinajstić information content (AvgIpc) is 2.62. The number of aliphatic hydroxyl groups excluding tert-OH is 1. The smallest absolute Gasteiger partial charge is 0.234 e. The molecule has 2 unspecified atom stereocenters. The number of ether oxygens (including phenoxy) is 1. The first-order valence-corrected chi connectivity index (χ1v) is 8.18. The van der Waals surface area contributed by atoms with Crippen LogP contribution < -0.4 is 26.4 Å². The van der Waals surface area contributed by atoms with Crippen LogP contribution in [0.15, 0.2) is 23.6 Å². The Morgan fingerprint density at radius 2 is 2.28 bits per heavy atom. The molecule has 1 aromatic rings. The van der Waals surface area contributed by atoms with Gasteiger partial charge in [0, 0.05) is 25.4 Å². The molecule has 1 aliphatic rings. The number of hydrogen-bond acceptors (Lipinski definition) is 9. The van der Waals surface area contributed by atoms with Gasteiger partial charge in [0.1, 0.15) is 24.0 Å². The van der Waals surface area contributed by atoms with Crippen LogP contribution >= 0.6 is 11.6 Å². The highest BCUT2D eigenvalue weighted by Gasteiger charge is 2.37. The number of aromatic nitrogens is 1. The number of carbonyl (C=O) groups is 1. The molecule has 25 heavy (non-hydrogen) atoms. The van der Waals surface area contributed by atoms with Gasteiger partial charge in [0.05, 0.1) is 24.3 Å². The number of pyridine rings is 1. The standard InChI is InChI=1S/C14H21ClN6O4/c15-8-5-18-13(19-6-8)11(12(16)21-24)14(23)20-9-7-17-2-1-10(9)25-4-3-22/h1-2,7-8,11-13,18-19,22H,3-6,16H2,(H,20,23). The van der Waals surface area contributed by atoms with Crippen molar-refractivity contribution in [2.45, 2.75) is 17.7 Å². The van der Waals surface area contributed by atoms with E-state index in [2.05, 4.69) is 26.1 Å². The Bertz CT molecular complexity index is 584. The van der Waals surface area contributed by atoms with Gasteiger partial charge in [-0.15, -0.1) is 16.5 Å². The first-order valence-electron chi connectivity index (χ1n) is 7.74. The number of alkyl halides is 1. The molecule has 0 spiro atoms. The van der Waals surface area contributed by atoms with Crippen LogP contribution in [0.5, 0.6) is 5.75 Å². The van der Waals surface area contributed by atoms with E-state index in [1.165, 1.54) is 12.4 Å². The van der Waals surface area contributed by atoms with E-state index in [0.717, 1.165) is 0 Å². The highest BCUT2D eigenvalue weighted by Crippen LogP contribution is 2.24. The van der Waals surface area contributed by atoms with E-state index in [0.29, 0.717) is 24.5 Å². The van der Waals surface area contributed by atoms with Crippen LogP contribution in [0.3, 0.4) is 0 Å². The number of anilines is 1. The third-order valence-electron chi connectivity index (χ3n) is 3.66. The van der Waals surface area contributed by atoms with Gasteiger partial charge in [-0.2, -0.15) is 0 Å². The maximum atomic E-state index is 12.7. The van der Waals surface area contributed by atoms with Crippen LogP contribution in [-0.2, 0) is 4.79 Å². The molecule has 0 saturated carbocycles. The van der Waals surface area contributed by atoms with Gasteiger partial charge >= 0.3 is 0 Å². The molecule has 6 N–H and O–H groups in total. The van der Waals surface area contributed by atoms with Gasteiger partial charge in [0.25, 0.3) is 0 Å². The second-order valence-corrected chi connectivity index (χ2v) is 6.06. The minimum atomic E-state index is -1.25. The number of halogens is 1. The Kier molecular flexibility index (Phi) is 7.47. The average molecular weight is 373 g/mol. The van der Waals surface area contributed by atoms with E-state index in [4.69, 9.17) is 27.2 Å². The summed E-state index contributed by atoms with van der Waals surface area (Å²) < 4.78 is 5.34. The highest BCUT2D eigenvalue weighted by molar-refractivity contribution is 6.21. The Labute approximate surface area is 149 Å². The van der Waals surface area contributed by atoms with E-state index in [-0.39, 0.29) is 18.6 Å². The van der Waals surface area contributed by atoms with Crippen LogP contribution in [0, 0.1) is 10.8 Å². The molecule has 0 aromatic carbocycles. The summed E-state index contributed by atoms with van der Waals surface area (Å²) in [6.45, 7) is 0.820. The van der Waals surface area contributed by atoms with Gasteiger partial charge in [-0.05, 0) is 0 Å². The molecule has 138 valence electrons. The molecular weight excluding hydrogens is 352 g/mol. The zero-order valence-corrected chi connectivity index (χ0v) is 14.1. The molecule has 0 aliphatic carbocycles. The van der Waals surface area contributed by atoms with E-state index in [9.17, 15) is 9.70 Å². The molecule has 0 bridgehead atoms. The van der Waals surface area contributed by atoms with E-state index in [1.807, 2.05) is 0 Å². The molecular formula is C14H21ClN6O4. The molecule has 1 aliphatic heterocycles. The van der Waals surface area contributed by atoms with Crippen LogP contribution in [0.25, 0.3) is 0 Å². The van der Waals surface area contributed by atoms with Gasteiger partial charge in [0.2, 0.25) is 5.91 Å². The summed E-state index contributed by atoms with van der Waals surface area (Å²) in [5.74, 6) is -1.14. The first-order chi connectivity index (χ1) is 12.1. The highest BCUT2D eigenvalue weighted by atomic mass is 35.5. The molecule has 2 heterocycles. The maximum Gasteiger partial charge on any atom is 0.234 e. The Morgan fingerprint density at radius 3 is 2.92 bits per heavy atom. The number of aliphatic hydroxyl groups is 1. The fourth-order valence-electron chi connectivity index (χ4n) is 2.45. The molecule has 1 saturated heterocycles. The number of nitrogens with one attached hydrogen (secondary N) is 3. The second-order valence-electron chi connectivity index (χ2n) is 5.45. The zero-order valence-electron chi connectivity index (χ0n) is 13.4. The number of carbonyl (C=O) groups excluding carboxylic acids is 1. The second kappa shape index (κ2) is 9.59. The van der Waals surface area contributed by atoms with Crippen molar-refractivity contribution in [3.05, 3.63) is 23.4 Å². The molecule has 11 heteroatoms. The normalized spacial score (nSPS) is 22.7. The van der Waals surface area contributed by atoms with Gasteiger partial charge in [-0.3, -0.25) is 20.4 Å². The lowest BCUT2D eigenvalue weighted by Gasteiger charge is -2.34. The van der Waals surface area contributed by atoms with Crippen LogP contribution in [0.2, 0.25) is 0 Å². The van der Waals surface area contributed by atoms with Crippen molar-refractivity contribution in [3.63, 3.8) is 0 Å². The van der Waals surface area contributed by atoms with Crippen molar-refractivity contribution in [2.75, 3.05) is 31.6 Å². The van der Waals surface area contributed by atoms with Crippen LogP contribution in [0.4, 0.5) is 5.69 Å². The van der Waals surface area contributed by atoms with Crippen LogP contribution in [0.1, 0.15) is 0 Å². The van der Waals surface area contributed by atoms with Crippen molar-refractivity contribution >= 4 is 23.2 Å². The topological polar surface area (TPSA) is 151 Å². The summed E-state index contributed by atoms with van der Waals surface area (Å²) >= 11 is 5.99. The van der Waals surface area contributed by atoms with E-state index >= 15 is 0 Å². The lowest BCUT2D eigenvalue weighted by atomic mass is 10.00. The third-order valence-corrected chi connectivity index (χ3v) is 3.97. The van der Waals surface area contributed by atoms with Crippen molar-refractivity contribution in [3.8, 4) is 5.75 Å². The number of nitrogens with two attached hydrogens (primary N) is 1. The molecule has 2 atom stereocenters. The minimum absolute atomic E-state index is 0.0641. The van der Waals surface area contributed by atoms with Gasteiger partial charge in [0.15, 0.2) is 6.17 Å². The van der Waals surface area contributed by atoms with Gasteiger partial charge < -0.3 is 20.9 Å². The molecule has 2 rings (SSSR count). The van der Waals surface area contributed by atoms with Gasteiger partial charge in [-0.1, -0.05) is 5.18 Å². The SMILES string of the molecule is NC(N=O)C(C(=O)Nc1cnccc1OCCO)C1NCC(Cl)CN1. The Hall–Kier alpha value is -1.85. The summed E-state index contributed by atoms with van der Waals surface area (Å²) in [5.41, 5.74) is 6.02. The van der Waals surface area contributed by atoms with Crippen LogP contribution in [-0.4, -0.2) is 60.0 Å². The Morgan fingerprint density at radius 1 is 1.56 bits per heavy atom. The van der Waals surface area contributed by atoms with Crippen molar-refractivity contribution < 1.29 is 14.6 Å². The molecule has 10 nitrogen and oxygen atoms in total. The monoisotopic (exact) mass is 372 g/mol. The first kappa shape index (κ1) is 19.5. The molecule has 0 radical (unpaired) electrons. The van der Waals surface area contributed by atoms with Gasteiger partial charge in [-0.25, -0.2) is 0 Å². The quantitative estimate of drug-likeness (QED) is 0.293. The van der Waals surface area contributed by atoms with Crippen molar-refractivity contribution in [2.24, 2.45) is 16.8 Å². The van der Waals surface area contributed by atoms with Crippen molar-refractivity contribution in [1.82, 2.24) is 15.6 Å². The fraction of sp³-hybridized carbons (Fsp3) is 0.571. The molecule has 1 aromatic heterocycles. The van der Waals surface area contributed by atoms with E-state index in [1.54, 1.807) is 6.07 Å². The molecule has 1 amide bonds. The number of hydrogen-bond donors (Lipinski definition) is 5. The predicted octanol–water partition coefficient (Wildman–Crippen LogP) is -0.815. The summed E-state index contributed by atoms with van der Waals surface area (Å²) in [5, 5.41) is 20.2. The summed E-state index contributed by atoms with van der Waals surface area (Å²) in [6.07, 6.45) is 1.08. The summed E-state index contributed by atoms with van der Waals surface area (Å²) in [4.78, 5) is 27.5. The molecule has 1 fully saturated rings. The van der Waals surface area contributed by atoms with E-state index < -0.39 is 24.2 Å².